The van der Waals surface area contributed by atoms with Gasteiger partial charge in [0, 0.05) is 17.1 Å². The molecule has 1 amide bonds. The van der Waals surface area contributed by atoms with Crippen molar-refractivity contribution >= 4 is 29.0 Å². The van der Waals surface area contributed by atoms with Gasteiger partial charge in [-0.25, -0.2) is 4.98 Å². The van der Waals surface area contributed by atoms with E-state index in [4.69, 9.17) is 0 Å². The molecule has 1 rings (SSSR count). The van der Waals surface area contributed by atoms with Crippen LogP contribution in [-0.2, 0) is 4.79 Å². The summed E-state index contributed by atoms with van der Waals surface area (Å²) in [6, 6.07) is 0.193. The lowest BCUT2D eigenvalue weighted by molar-refractivity contribution is -0.120. The third kappa shape index (κ3) is 4.22. The number of amides is 1. The molecule has 0 aromatic carbocycles. The Kier molecular flexibility index (Phi) is 4.60. The number of hydrogen-bond acceptors (Lipinski definition) is 4. The van der Waals surface area contributed by atoms with Crippen LogP contribution in [0.25, 0.3) is 0 Å². The lowest BCUT2D eigenvalue weighted by atomic mass is 10.3. The van der Waals surface area contributed by atoms with Gasteiger partial charge in [0.15, 0.2) is 4.34 Å². The fraction of sp³-hybridized carbons (Fsp3) is 0.600. The first kappa shape index (κ1) is 12.5. The van der Waals surface area contributed by atoms with E-state index in [2.05, 4.69) is 10.3 Å². The molecule has 0 aliphatic rings. The number of carbonyl (C=O) groups excluding carboxylic acids is 1. The van der Waals surface area contributed by atoms with Crippen molar-refractivity contribution in [2.75, 3.05) is 0 Å². The topological polar surface area (TPSA) is 42.0 Å². The van der Waals surface area contributed by atoms with E-state index >= 15 is 0 Å². The minimum absolute atomic E-state index is 0.0721. The maximum Gasteiger partial charge on any atom is 0.233 e. The summed E-state index contributed by atoms with van der Waals surface area (Å²) >= 11 is 3.10. The molecule has 1 aromatic heterocycles. The van der Waals surface area contributed by atoms with Gasteiger partial charge in [-0.2, -0.15) is 0 Å². The Morgan fingerprint density at radius 1 is 1.53 bits per heavy atom. The number of thioether (sulfide) groups is 1. The highest BCUT2D eigenvalue weighted by molar-refractivity contribution is 8.02. The minimum Gasteiger partial charge on any atom is -0.353 e. The summed E-state index contributed by atoms with van der Waals surface area (Å²) in [5.74, 6) is 0.0721. The second-order valence-electron chi connectivity index (χ2n) is 3.68. The Balaban J connectivity index is 2.48. The molecule has 5 heteroatoms. The number of thiazole rings is 1. The van der Waals surface area contributed by atoms with Crippen LogP contribution in [-0.4, -0.2) is 22.2 Å². The van der Waals surface area contributed by atoms with Crippen LogP contribution in [0.1, 0.15) is 26.5 Å². The molecule has 15 heavy (non-hydrogen) atoms. The van der Waals surface area contributed by atoms with Crippen molar-refractivity contribution < 1.29 is 4.79 Å². The third-order valence-electron chi connectivity index (χ3n) is 1.68. The standard InChI is InChI=1S/C10H16N2OS2/c1-6(2)11-9(13)8(4)15-10-12-7(3)5-14-10/h5-6,8H,1-4H3,(H,11,13). The molecule has 84 valence electrons. The Morgan fingerprint density at radius 2 is 2.20 bits per heavy atom. The molecule has 0 aliphatic carbocycles. The van der Waals surface area contributed by atoms with Crippen molar-refractivity contribution in [2.24, 2.45) is 0 Å². The summed E-state index contributed by atoms with van der Waals surface area (Å²) in [6.07, 6.45) is 0. The molecule has 0 fully saturated rings. The van der Waals surface area contributed by atoms with Gasteiger partial charge in [0.05, 0.1) is 5.25 Å². The summed E-state index contributed by atoms with van der Waals surface area (Å²) < 4.78 is 0.957. The summed E-state index contributed by atoms with van der Waals surface area (Å²) in [5, 5.41) is 4.80. The normalized spacial score (nSPS) is 12.9. The summed E-state index contributed by atoms with van der Waals surface area (Å²) in [6.45, 7) is 7.78. The SMILES string of the molecule is Cc1csc(SC(C)C(=O)NC(C)C)n1. The lowest BCUT2D eigenvalue weighted by Crippen LogP contribution is -2.35. The zero-order valence-corrected chi connectivity index (χ0v) is 11.0. The molecule has 1 atom stereocenters. The number of aryl methyl sites for hydroxylation is 1. The zero-order valence-electron chi connectivity index (χ0n) is 9.40. The molecule has 0 bridgehead atoms. The molecule has 0 aliphatic heterocycles. The van der Waals surface area contributed by atoms with Crippen molar-refractivity contribution in [1.29, 1.82) is 0 Å². The fourth-order valence-electron chi connectivity index (χ4n) is 0.993. The van der Waals surface area contributed by atoms with E-state index in [1.54, 1.807) is 11.3 Å². The van der Waals surface area contributed by atoms with E-state index in [0.717, 1.165) is 10.0 Å². The summed E-state index contributed by atoms with van der Waals surface area (Å²) in [7, 11) is 0. The van der Waals surface area contributed by atoms with Crippen molar-refractivity contribution in [2.45, 2.75) is 43.3 Å². The summed E-state index contributed by atoms with van der Waals surface area (Å²) in [5.41, 5.74) is 1.01. The predicted octanol–water partition coefficient (Wildman–Crippen LogP) is 2.46. The molecule has 0 saturated heterocycles. The number of hydrogen-bond donors (Lipinski definition) is 1. The zero-order chi connectivity index (χ0) is 11.4. The smallest absolute Gasteiger partial charge is 0.233 e. The second kappa shape index (κ2) is 5.51. The van der Waals surface area contributed by atoms with Gasteiger partial charge < -0.3 is 5.32 Å². The largest absolute Gasteiger partial charge is 0.353 e. The van der Waals surface area contributed by atoms with Gasteiger partial charge in [0.1, 0.15) is 0 Å². The van der Waals surface area contributed by atoms with Crippen molar-refractivity contribution in [3.63, 3.8) is 0 Å². The van der Waals surface area contributed by atoms with Gasteiger partial charge in [-0.15, -0.1) is 11.3 Å². The maximum atomic E-state index is 11.6. The van der Waals surface area contributed by atoms with E-state index in [-0.39, 0.29) is 17.2 Å². The van der Waals surface area contributed by atoms with Gasteiger partial charge in [0.2, 0.25) is 5.91 Å². The van der Waals surface area contributed by atoms with Crippen LogP contribution in [0, 0.1) is 6.92 Å². The van der Waals surface area contributed by atoms with Crippen LogP contribution in [0.15, 0.2) is 9.72 Å². The first-order chi connectivity index (χ1) is 6.99. The predicted molar refractivity (Wildman–Crippen MR) is 65.4 cm³/mol. The highest BCUT2D eigenvalue weighted by Gasteiger charge is 2.16. The van der Waals surface area contributed by atoms with Gasteiger partial charge in [-0.1, -0.05) is 11.8 Å². The van der Waals surface area contributed by atoms with Crippen LogP contribution in [0.5, 0.6) is 0 Å². The van der Waals surface area contributed by atoms with E-state index in [1.807, 2.05) is 33.1 Å². The number of aromatic nitrogens is 1. The van der Waals surface area contributed by atoms with E-state index < -0.39 is 0 Å². The second-order valence-corrected chi connectivity index (χ2v) is 6.12. The molecule has 1 heterocycles. The number of nitrogens with zero attached hydrogens (tertiary/aromatic N) is 1. The van der Waals surface area contributed by atoms with E-state index in [0.29, 0.717) is 0 Å². The van der Waals surface area contributed by atoms with E-state index in [9.17, 15) is 4.79 Å². The molecule has 0 spiro atoms. The van der Waals surface area contributed by atoms with Gasteiger partial charge in [0.25, 0.3) is 0 Å². The highest BCUT2D eigenvalue weighted by Crippen LogP contribution is 2.26. The van der Waals surface area contributed by atoms with Crippen LogP contribution in [0.4, 0.5) is 0 Å². The quantitative estimate of drug-likeness (QED) is 0.827. The molecule has 1 unspecified atom stereocenters. The molecule has 3 nitrogen and oxygen atoms in total. The van der Waals surface area contributed by atoms with Crippen LogP contribution in [0.3, 0.4) is 0 Å². The Morgan fingerprint density at radius 3 is 2.67 bits per heavy atom. The first-order valence-electron chi connectivity index (χ1n) is 4.88. The Hall–Kier alpha value is -0.550. The van der Waals surface area contributed by atoms with Crippen LogP contribution >= 0.6 is 23.1 Å². The number of nitrogens with one attached hydrogen (secondary N) is 1. The van der Waals surface area contributed by atoms with Crippen molar-refractivity contribution in [3.8, 4) is 0 Å². The molecule has 1 N–H and O–H groups in total. The molecule has 0 radical (unpaired) electrons. The Bertz CT molecular complexity index is 336. The van der Waals surface area contributed by atoms with Crippen molar-refractivity contribution in [3.05, 3.63) is 11.1 Å². The van der Waals surface area contributed by atoms with Crippen LogP contribution in [0.2, 0.25) is 0 Å². The van der Waals surface area contributed by atoms with Gasteiger partial charge in [-0.05, 0) is 27.7 Å². The first-order valence-corrected chi connectivity index (χ1v) is 6.64. The summed E-state index contributed by atoms with van der Waals surface area (Å²) in [4.78, 5) is 15.9. The average molecular weight is 244 g/mol. The van der Waals surface area contributed by atoms with Crippen LogP contribution < -0.4 is 5.32 Å². The molecule has 1 aromatic rings. The monoisotopic (exact) mass is 244 g/mol. The van der Waals surface area contributed by atoms with E-state index in [1.165, 1.54) is 11.8 Å². The molecule has 0 saturated carbocycles. The highest BCUT2D eigenvalue weighted by atomic mass is 32.2. The Labute approximate surface area is 98.7 Å². The minimum atomic E-state index is -0.0852. The number of rotatable bonds is 4. The third-order valence-corrected chi connectivity index (χ3v) is 3.87. The lowest BCUT2D eigenvalue weighted by Gasteiger charge is -2.12. The average Bonchev–Trinajstić information content (AvgIpc) is 2.50. The molecular weight excluding hydrogens is 228 g/mol. The van der Waals surface area contributed by atoms with Gasteiger partial charge in [-0.3, -0.25) is 4.79 Å². The fourth-order valence-corrected chi connectivity index (χ4v) is 2.99. The van der Waals surface area contributed by atoms with Gasteiger partial charge >= 0.3 is 0 Å². The number of carbonyl (C=O) groups is 1. The maximum absolute atomic E-state index is 11.6. The molecular formula is C10H16N2OS2. The van der Waals surface area contributed by atoms with Crippen molar-refractivity contribution in [1.82, 2.24) is 10.3 Å².